The second kappa shape index (κ2) is 4.24. The molecule has 0 saturated carbocycles. The molecule has 0 spiro atoms. The SMILES string of the molecule is CCC[C@H]1C[C@@H](O)CN1C(C)C. The molecule has 2 atom stereocenters. The van der Waals surface area contributed by atoms with Crippen LogP contribution in [0.2, 0.25) is 0 Å². The van der Waals surface area contributed by atoms with Crippen LogP contribution >= 0.6 is 0 Å². The number of aliphatic hydroxyl groups is 1. The molecule has 1 rings (SSSR count). The van der Waals surface area contributed by atoms with Gasteiger partial charge in [-0.25, -0.2) is 0 Å². The Morgan fingerprint density at radius 3 is 2.67 bits per heavy atom. The maximum Gasteiger partial charge on any atom is 0.0682 e. The quantitative estimate of drug-likeness (QED) is 0.697. The zero-order valence-electron chi connectivity index (χ0n) is 8.45. The van der Waals surface area contributed by atoms with E-state index in [-0.39, 0.29) is 6.10 Å². The summed E-state index contributed by atoms with van der Waals surface area (Å²) in [5.41, 5.74) is 0. The Morgan fingerprint density at radius 1 is 1.50 bits per heavy atom. The van der Waals surface area contributed by atoms with E-state index in [4.69, 9.17) is 0 Å². The Labute approximate surface area is 75.6 Å². The lowest BCUT2D eigenvalue weighted by Gasteiger charge is -2.27. The highest BCUT2D eigenvalue weighted by Gasteiger charge is 2.31. The lowest BCUT2D eigenvalue weighted by molar-refractivity contribution is 0.157. The van der Waals surface area contributed by atoms with Gasteiger partial charge in [0.2, 0.25) is 0 Å². The number of aliphatic hydroxyl groups excluding tert-OH is 1. The molecule has 2 nitrogen and oxygen atoms in total. The van der Waals surface area contributed by atoms with E-state index >= 15 is 0 Å². The van der Waals surface area contributed by atoms with Crippen LogP contribution in [0.1, 0.15) is 40.0 Å². The van der Waals surface area contributed by atoms with Gasteiger partial charge < -0.3 is 5.11 Å². The van der Waals surface area contributed by atoms with Crippen LogP contribution in [0.25, 0.3) is 0 Å². The van der Waals surface area contributed by atoms with Gasteiger partial charge in [-0.05, 0) is 26.7 Å². The second-order valence-corrected chi connectivity index (χ2v) is 4.12. The number of β-amino-alcohol motifs (C(OH)–C–C–N with tert-alkyl or cyclic N) is 1. The van der Waals surface area contributed by atoms with Crippen LogP contribution in [0.4, 0.5) is 0 Å². The smallest absolute Gasteiger partial charge is 0.0682 e. The molecule has 72 valence electrons. The van der Waals surface area contributed by atoms with E-state index in [1.165, 1.54) is 12.8 Å². The maximum atomic E-state index is 9.50. The van der Waals surface area contributed by atoms with Crippen molar-refractivity contribution in [3.05, 3.63) is 0 Å². The second-order valence-electron chi connectivity index (χ2n) is 4.12. The van der Waals surface area contributed by atoms with E-state index < -0.39 is 0 Å². The molecule has 1 N–H and O–H groups in total. The normalized spacial score (nSPS) is 31.8. The molecule has 0 bridgehead atoms. The lowest BCUT2D eigenvalue weighted by atomic mass is 10.1. The molecule has 0 aromatic heterocycles. The molecule has 1 aliphatic heterocycles. The fraction of sp³-hybridized carbons (Fsp3) is 1.00. The molecule has 0 aromatic carbocycles. The first-order chi connectivity index (χ1) is 5.65. The molecular weight excluding hydrogens is 150 g/mol. The molecular formula is C10H21NO. The van der Waals surface area contributed by atoms with Gasteiger partial charge in [0.15, 0.2) is 0 Å². The molecule has 1 saturated heterocycles. The summed E-state index contributed by atoms with van der Waals surface area (Å²) in [6.45, 7) is 7.51. The van der Waals surface area contributed by atoms with Gasteiger partial charge in [-0.1, -0.05) is 13.3 Å². The lowest BCUT2D eigenvalue weighted by Crippen LogP contribution is -2.35. The summed E-state index contributed by atoms with van der Waals surface area (Å²) >= 11 is 0. The Kier molecular flexibility index (Phi) is 3.53. The van der Waals surface area contributed by atoms with Gasteiger partial charge in [-0.15, -0.1) is 0 Å². The minimum Gasteiger partial charge on any atom is -0.392 e. The van der Waals surface area contributed by atoms with Gasteiger partial charge >= 0.3 is 0 Å². The molecule has 0 aliphatic carbocycles. The van der Waals surface area contributed by atoms with Crippen molar-refractivity contribution in [2.75, 3.05) is 6.54 Å². The number of hydrogen-bond acceptors (Lipinski definition) is 2. The van der Waals surface area contributed by atoms with Crippen molar-refractivity contribution in [2.24, 2.45) is 0 Å². The first-order valence-electron chi connectivity index (χ1n) is 5.09. The largest absolute Gasteiger partial charge is 0.392 e. The van der Waals surface area contributed by atoms with Crippen molar-refractivity contribution in [3.63, 3.8) is 0 Å². The Hall–Kier alpha value is -0.0800. The predicted octanol–water partition coefficient (Wildman–Crippen LogP) is 1.63. The number of nitrogens with zero attached hydrogens (tertiary/aromatic N) is 1. The average molecular weight is 171 g/mol. The third-order valence-corrected chi connectivity index (χ3v) is 2.72. The zero-order valence-corrected chi connectivity index (χ0v) is 8.45. The summed E-state index contributed by atoms with van der Waals surface area (Å²) in [7, 11) is 0. The van der Waals surface area contributed by atoms with Gasteiger partial charge in [0, 0.05) is 18.6 Å². The highest BCUT2D eigenvalue weighted by molar-refractivity contribution is 4.86. The van der Waals surface area contributed by atoms with Crippen molar-refractivity contribution in [3.8, 4) is 0 Å². The van der Waals surface area contributed by atoms with Crippen molar-refractivity contribution >= 4 is 0 Å². The fourth-order valence-electron chi connectivity index (χ4n) is 2.17. The van der Waals surface area contributed by atoms with Crippen molar-refractivity contribution < 1.29 is 5.11 Å². The Balaban J connectivity index is 2.47. The topological polar surface area (TPSA) is 23.5 Å². The summed E-state index contributed by atoms with van der Waals surface area (Å²) in [5.74, 6) is 0. The summed E-state index contributed by atoms with van der Waals surface area (Å²) in [6, 6.07) is 1.21. The molecule has 1 aliphatic rings. The molecule has 0 aromatic rings. The summed E-state index contributed by atoms with van der Waals surface area (Å²) < 4.78 is 0. The van der Waals surface area contributed by atoms with E-state index in [9.17, 15) is 5.11 Å². The number of rotatable bonds is 3. The molecule has 0 unspecified atom stereocenters. The monoisotopic (exact) mass is 171 g/mol. The molecule has 1 fully saturated rings. The van der Waals surface area contributed by atoms with E-state index in [2.05, 4.69) is 25.7 Å². The summed E-state index contributed by atoms with van der Waals surface area (Å²) in [4.78, 5) is 2.42. The van der Waals surface area contributed by atoms with Crippen LogP contribution < -0.4 is 0 Å². The molecule has 0 radical (unpaired) electrons. The number of hydrogen-bond donors (Lipinski definition) is 1. The van der Waals surface area contributed by atoms with Gasteiger partial charge in [0.25, 0.3) is 0 Å². The first kappa shape index (κ1) is 10.0. The van der Waals surface area contributed by atoms with Crippen LogP contribution in [0, 0.1) is 0 Å². The van der Waals surface area contributed by atoms with Crippen LogP contribution in [-0.4, -0.2) is 34.7 Å². The third-order valence-electron chi connectivity index (χ3n) is 2.72. The fourth-order valence-corrected chi connectivity index (χ4v) is 2.17. The zero-order chi connectivity index (χ0) is 9.14. The number of likely N-dealkylation sites (tertiary alicyclic amines) is 1. The van der Waals surface area contributed by atoms with Crippen LogP contribution in [0.15, 0.2) is 0 Å². The van der Waals surface area contributed by atoms with Gasteiger partial charge in [0.1, 0.15) is 0 Å². The summed E-state index contributed by atoms with van der Waals surface area (Å²) in [5, 5.41) is 9.50. The summed E-state index contributed by atoms with van der Waals surface area (Å²) in [6.07, 6.45) is 3.35. The first-order valence-corrected chi connectivity index (χ1v) is 5.09. The van der Waals surface area contributed by atoms with E-state index in [0.29, 0.717) is 12.1 Å². The average Bonchev–Trinajstić information content (AvgIpc) is 2.32. The maximum absolute atomic E-state index is 9.50. The third kappa shape index (κ3) is 2.20. The highest BCUT2D eigenvalue weighted by Crippen LogP contribution is 2.23. The Bertz CT molecular complexity index is 136. The van der Waals surface area contributed by atoms with Crippen molar-refractivity contribution in [2.45, 2.75) is 58.2 Å². The van der Waals surface area contributed by atoms with Crippen LogP contribution in [0.3, 0.4) is 0 Å². The van der Waals surface area contributed by atoms with E-state index in [1.807, 2.05) is 0 Å². The minimum absolute atomic E-state index is 0.0797. The minimum atomic E-state index is -0.0797. The van der Waals surface area contributed by atoms with Gasteiger partial charge in [0.05, 0.1) is 6.10 Å². The predicted molar refractivity (Wildman–Crippen MR) is 51.2 cm³/mol. The van der Waals surface area contributed by atoms with Crippen molar-refractivity contribution in [1.29, 1.82) is 0 Å². The van der Waals surface area contributed by atoms with E-state index in [1.54, 1.807) is 0 Å². The van der Waals surface area contributed by atoms with E-state index in [0.717, 1.165) is 13.0 Å². The molecule has 0 amide bonds. The highest BCUT2D eigenvalue weighted by atomic mass is 16.3. The molecule has 2 heteroatoms. The molecule has 12 heavy (non-hydrogen) atoms. The standard InChI is InChI=1S/C10H21NO/c1-4-5-9-6-10(12)7-11(9)8(2)3/h8-10,12H,4-7H2,1-3H3/t9-,10+/m0/s1. The molecule has 1 heterocycles. The van der Waals surface area contributed by atoms with Crippen LogP contribution in [-0.2, 0) is 0 Å². The van der Waals surface area contributed by atoms with Crippen LogP contribution in [0.5, 0.6) is 0 Å². The Morgan fingerprint density at radius 2 is 2.17 bits per heavy atom. The van der Waals surface area contributed by atoms with Gasteiger partial charge in [-0.3, -0.25) is 4.90 Å². The van der Waals surface area contributed by atoms with Crippen molar-refractivity contribution in [1.82, 2.24) is 4.90 Å². The van der Waals surface area contributed by atoms with Gasteiger partial charge in [-0.2, -0.15) is 0 Å².